The van der Waals surface area contributed by atoms with E-state index < -0.39 is 5.60 Å². The van der Waals surface area contributed by atoms with E-state index in [1.165, 1.54) is 7.11 Å². The number of hydrogen-bond donors (Lipinski definition) is 1. The summed E-state index contributed by atoms with van der Waals surface area (Å²) < 4.78 is 10.8. The van der Waals surface area contributed by atoms with Gasteiger partial charge in [0.05, 0.1) is 24.7 Å². The number of rotatable bonds is 3. The first-order chi connectivity index (χ1) is 7.18. The fraction of sp³-hybridized carbons (Fsp3) is 0.917. The molecule has 0 aromatic carbocycles. The Balaban J connectivity index is 2.99. The summed E-state index contributed by atoms with van der Waals surface area (Å²) in [6.45, 7) is 8.49. The molecule has 4 nitrogen and oxygen atoms in total. The number of methoxy groups -OCH3 is 1. The van der Waals surface area contributed by atoms with Gasteiger partial charge in [-0.1, -0.05) is 0 Å². The van der Waals surface area contributed by atoms with Crippen molar-refractivity contribution in [2.75, 3.05) is 13.7 Å². The SMILES string of the molecule is COC(=O)CC1(CN)CC(C)(C)OC1(C)C. The van der Waals surface area contributed by atoms with Gasteiger partial charge < -0.3 is 15.2 Å². The quantitative estimate of drug-likeness (QED) is 0.744. The highest BCUT2D eigenvalue weighted by molar-refractivity contribution is 5.70. The molecule has 94 valence electrons. The van der Waals surface area contributed by atoms with Crippen molar-refractivity contribution >= 4 is 5.97 Å². The van der Waals surface area contributed by atoms with Gasteiger partial charge >= 0.3 is 5.97 Å². The van der Waals surface area contributed by atoms with E-state index in [-0.39, 0.29) is 17.0 Å². The second-order valence-corrected chi connectivity index (χ2v) is 5.79. The molecule has 0 aromatic rings. The van der Waals surface area contributed by atoms with Gasteiger partial charge in [0.1, 0.15) is 0 Å². The van der Waals surface area contributed by atoms with Crippen LogP contribution in [0, 0.1) is 5.41 Å². The minimum Gasteiger partial charge on any atom is -0.469 e. The van der Waals surface area contributed by atoms with E-state index in [9.17, 15) is 4.79 Å². The molecule has 1 aliphatic rings. The fourth-order valence-corrected chi connectivity index (χ4v) is 2.88. The molecule has 0 bridgehead atoms. The Morgan fingerprint density at radius 1 is 1.38 bits per heavy atom. The van der Waals surface area contributed by atoms with Crippen LogP contribution in [0.4, 0.5) is 0 Å². The molecule has 0 saturated carbocycles. The van der Waals surface area contributed by atoms with Gasteiger partial charge in [-0.25, -0.2) is 0 Å². The lowest BCUT2D eigenvalue weighted by Gasteiger charge is -2.38. The van der Waals surface area contributed by atoms with Crippen LogP contribution in [0.2, 0.25) is 0 Å². The summed E-state index contributed by atoms with van der Waals surface area (Å²) in [6, 6.07) is 0. The molecule has 0 spiro atoms. The lowest BCUT2D eigenvalue weighted by Crippen LogP contribution is -2.46. The molecule has 1 saturated heterocycles. The summed E-state index contributed by atoms with van der Waals surface area (Å²) in [7, 11) is 1.40. The molecule has 1 unspecified atom stereocenters. The fourth-order valence-electron chi connectivity index (χ4n) is 2.88. The van der Waals surface area contributed by atoms with Crippen LogP contribution in [0.1, 0.15) is 40.5 Å². The molecule has 0 radical (unpaired) electrons. The van der Waals surface area contributed by atoms with Crippen molar-refractivity contribution in [2.24, 2.45) is 11.1 Å². The molecular formula is C12H23NO3. The van der Waals surface area contributed by atoms with Crippen LogP contribution < -0.4 is 5.73 Å². The lowest BCUT2D eigenvalue weighted by atomic mass is 9.69. The van der Waals surface area contributed by atoms with Crippen LogP contribution in [0.3, 0.4) is 0 Å². The average Bonchev–Trinajstić information content (AvgIpc) is 2.31. The molecular weight excluding hydrogens is 206 g/mol. The first-order valence-corrected chi connectivity index (χ1v) is 5.65. The predicted octanol–water partition coefficient (Wildman–Crippen LogP) is 1.47. The maximum atomic E-state index is 11.5. The zero-order valence-corrected chi connectivity index (χ0v) is 10.9. The van der Waals surface area contributed by atoms with Gasteiger partial charge in [-0.3, -0.25) is 4.79 Å². The molecule has 0 aliphatic carbocycles. The Hall–Kier alpha value is -0.610. The number of nitrogens with two attached hydrogens (primary N) is 1. The third-order valence-corrected chi connectivity index (χ3v) is 3.67. The van der Waals surface area contributed by atoms with Crippen LogP contribution in [-0.4, -0.2) is 30.8 Å². The molecule has 1 fully saturated rings. The van der Waals surface area contributed by atoms with Gasteiger partial charge in [0.15, 0.2) is 0 Å². The predicted molar refractivity (Wildman–Crippen MR) is 62.0 cm³/mol. The second-order valence-electron chi connectivity index (χ2n) is 5.79. The van der Waals surface area contributed by atoms with Gasteiger partial charge in [-0.15, -0.1) is 0 Å². The number of carbonyl (C=O) groups is 1. The Kier molecular flexibility index (Phi) is 3.37. The zero-order valence-electron chi connectivity index (χ0n) is 10.9. The van der Waals surface area contributed by atoms with E-state index in [2.05, 4.69) is 0 Å². The van der Waals surface area contributed by atoms with Crippen molar-refractivity contribution in [3.63, 3.8) is 0 Å². The third-order valence-electron chi connectivity index (χ3n) is 3.67. The smallest absolute Gasteiger partial charge is 0.306 e. The highest BCUT2D eigenvalue weighted by atomic mass is 16.5. The number of carbonyl (C=O) groups excluding carboxylic acids is 1. The highest BCUT2D eigenvalue weighted by Crippen LogP contribution is 2.52. The van der Waals surface area contributed by atoms with Crippen molar-refractivity contribution < 1.29 is 14.3 Å². The topological polar surface area (TPSA) is 61.5 Å². The van der Waals surface area contributed by atoms with Crippen LogP contribution >= 0.6 is 0 Å². The van der Waals surface area contributed by atoms with Crippen LogP contribution in [0.15, 0.2) is 0 Å². The summed E-state index contributed by atoms with van der Waals surface area (Å²) in [5, 5.41) is 0. The maximum absolute atomic E-state index is 11.5. The molecule has 0 aromatic heterocycles. The Bertz CT molecular complexity index is 286. The van der Waals surface area contributed by atoms with Gasteiger partial charge in [0.2, 0.25) is 0 Å². The Labute approximate surface area is 97.5 Å². The third kappa shape index (κ3) is 2.23. The van der Waals surface area contributed by atoms with Gasteiger partial charge in [-0.2, -0.15) is 0 Å². The number of ether oxygens (including phenoxy) is 2. The maximum Gasteiger partial charge on any atom is 0.306 e. The summed E-state index contributed by atoms with van der Waals surface area (Å²) in [5.74, 6) is -0.222. The van der Waals surface area contributed by atoms with Crippen LogP contribution in [0.25, 0.3) is 0 Å². The highest BCUT2D eigenvalue weighted by Gasteiger charge is 2.57. The molecule has 16 heavy (non-hydrogen) atoms. The van der Waals surface area contributed by atoms with Crippen molar-refractivity contribution in [1.82, 2.24) is 0 Å². The minimum atomic E-state index is -0.403. The Morgan fingerprint density at radius 3 is 2.25 bits per heavy atom. The molecule has 4 heteroatoms. The van der Waals surface area contributed by atoms with E-state index in [1.54, 1.807) is 0 Å². The molecule has 1 rings (SSSR count). The molecule has 1 atom stereocenters. The van der Waals surface area contributed by atoms with Crippen LogP contribution in [0.5, 0.6) is 0 Å². The van der Waals surface area contributed by atoms with E-state index in [0.717, 1.165) is 6.42 Å². The molecule has 1 aliphatic heterocycles. The first-order valence-electron chi connectivity index (χ1n) is 5.65. The van der Waals surface area contributed by atoms with Gasteiger partial charge in [-0.05, 0) is 34.1 Å². The van der Waals surface area contributed by atoms with Crippen LogP contribution in [-0.2, 0) is 14.3 Å². The zero-order chi connectivity index (χ0) is 12.6. The van der Waals surface area contributed by atoms with Crippen molar-refractivity contribution in [3.05, 3.63) is 0 Å². The van der Waals surface area contributed by atoms with Crippen molar-refractivity contribution in [2.45, 2.75) is 51.7 Å². The standard InChI is InChI=1S/C12H23NO3/c1-10(2)7-12(8-13,6-9(14)15-5)11(3,4)16-10/h6-8,13H2,1-5H3. The first kappa shape index (κ1) is 13.5. The normalized spacial score (nSPS) is 31.4. The molecule has 1 heterocycles. The summed E-state index contributed by atoms with van der Waals surface area (Å²) in [5.41, 5.74) is 4.91. The summed E-state index contributed by atoms with van der Waals surface area (Å²) in [6.07, 6.45) is 1.09. The van der Waals surface area contributed by atoms with Gasteiger partial charge in [0, 0.05) is 12.0 Å². The lowest BCUT2D eigenvalue weighted by molar-refractivity contribution is -0.148. The Morgan fingerprint density at radius 2 is 1.94 bits per heavy atom. The van der Waals surface area contributed by atoms with Crippen molar-refractivity contribution in [3.8, 4) is 0 Å². The molecule has 2 N–H and O–H groups in total. The second kappa shape index (κ2) is 4.00. The van der Waals surface area contributed by atoms with E-state index in [0.29, 0.717) is 13.0 Å². The summed E-state index contributed by atoms with van der Waals surface area (Å²) in [4.78, 5) is 11.5. The van der Waals surface area contributed by atoms with E-state index >= 15 is 0 Å². The number of esters is 1. The van der Waals surface area contributed by atoms with E-state index in [1.807, 2.05) is 27.7 Å². The largest absolute Gasteiger partial charge is 0.469 e. The monoisotopic (exact) mass is 229 g/mol. The van der Waals surface area contributed by atoms with E-state index in [4.69, 9.17) is 15.2 Å². The van der Waals surface area contributed by atoms with Crippen molar-refractivity contribution in [1.29, 1.82) is 0 Å². The average molecular weight is 229 g/mol. The number of hydrogen-bond acceptors (Lipinski definition) is 4. The minimum absolute atomic E-state index is 0.222. The molecule has 0 amide bonds. The summed E-state index contributed by atoms with van der Waals surface area (Å²) >= 11 is 0. The van der Waals surface area contributed by atoms with Gasteiger partial charge in [0.25, 0.3) is 0 Å².